The van der Waals surface area contributed by atoms with Crippen molar-refractivity contribution in [1.29, 1.82) is 0 Å². The van der Waals surface area contributed by atoms with Crippen molar-refractivity contribution >= 4 is 46.1 Å². The Balaban J connectivity index is 1.82. The van der Waals surface area contributed by atoms with E-state index in [0.717, 1.165) is 44.0 Å². The Morgan fingerprint density at radius 1 is 1.33 bits per heavy atom. The lowest BCUT2D eigenvalue weighted by Gasteiger charge is -2.14. The highest BCUT2D eigenvalue weighted by atomic mass is 32.1. The number of aldehydes is 1. The van der Waals surface area contributed by atoms with Crippen molar-refractivity contribution < 1.29 is 4.79 Å². The van der Waals surface area contributed by atoms with Crippen LogP contribution in [0.5, 0.6) is 0 Å². The number of rotatable bonds is 7. The van der Waals surface area contributed by atoms with Crippen LogP contribution in [-0.2, 0) is 11.3 Å². The third kappa shape index (κ3) is 4.22. The summed E-state index contributed by atoms with van der Waals surface area (Å²) >= 11 is 1.55. The topological polar surface area (TPSA) is 77.5 Å². The molecule has 0 saturated carbocycles. The standard InChI is InChI=1S/C19H22N6OS/c1-13-22-19(24(2)3)18(27-13)15(8-9-26)11-21-25(4)12-16-7-5-6-14-10-20-23-17(14)16/h5-11H,12H2,1-4H3,(H,20,23)/b15-8+,21-11-. The number of allylic oxidation sites excluding steroid dienone is 2. The molecule has 0 aliphatic heterocycles. The van der Waals surface area contributed by atoms with Gasteiger partial charge in [-0.1, -0.05) is 18.2 Å². The summed E-state index contributed by atoms with van der Waals surface area (Å²) in [6, 6.07) is 6.07. The zero-order valence-electron chi connectivity index (χ0n) is 15.8. The molecule has 0 aliphatic rings. The molecule has 27 heavy (non-hydrogen) atoms. The van der Waals surface area contributed by atoms with Crippen LogP contribution in [-0.4, -0.2) is 53.8 Å². The van der Waals surface area contributed by atoms with Crippen LogP contribution >= 0.6 is 11.3 Å². The van der Waals surface area contributed by atoms with Gasteiger partial charge >= 0.3 is 0 Å². The number of aromatic amines is 1. The largest absolute Gasteiger partial charge is 0.362 e. The van der Waals surface area contributed by atoms with E-state index < -0.39 is 0 Å². The number of hydrogen-bond acceptors (Lipinski definition) is 7. The average molecular weight is 382 g/mol. The Morgan fingerprint density at radius 3 is 2.89 bits per heavy atom. The molecule has 3 rings (SSSR count). The van der Waals surface area contributed by atoms with Crippen LogP contribution in [0.15, 0.2) is 35.6 Å². The molecule has 3 aromatic rings. The quantitative estimate of drug-likeness (QED) is 0.294. The second kappa shape index (κ2) is 8.13. The number of nitrogens with zero attached hydrogens (tertiary/aromatic N) is 5. The number of thiazole rings is 1. The van der Waals surface area contributed by atoms with Crippen molar-refractivity contribution in [2.45, 2.75) is 13.5 Å². The monoisotopic (exact) mass is 382 g/mol. The van der Waals surface area contributed by atoms with Crippen molar-refractivity contribution in [2.75, 3.05) is 26.0 Å². The summed E-state index contributed by atoms with van der Waals surface area (Å²) in [6.07, 6.45) is 5.82. The normalized spacial score (nSPS) is 12.1. The molecule has 0 fully saturated rings. The molecule has 140 valence electrons. The number of nitrogens with one attached hydrogen (secondary N) is 1. The van der Waals surface area contributed by atoms with Crippen molar-refractivity contribution in [1.82, 2.24) is 20.2 Å². The SMILES string of the molecule is Cc1nc(N(C)C)c(C(/C=N\N(C)Cc2cccc3cn[nH]c23)=C/C=O)s1. The summed E-state index contributed by atoms with van der Waals surface area (Å²) < 4.78 is 0. The van der Waals surface area contributed by atoms with E-state index in [1.807, 2.05) is 62.4 Å². The van der Waals surface area contributed by atoms with Gasteiger partial charge < -0.3 is 4.90 Å². The molecule has 1 N–H and O–H groups in total. The number of para-hydroxylation sites is 1. The molecule has 2 aromatic heterocycles. The number of hydrazone groups is 1. The maximum atomic E-state index is 11.1. The maximum absolute atomic E-state index is 11.1. The zero-order valence-corrected chi connectivity index (χ0v) is 16.6. The minimum Gasteiger partial charge on any atom is -0.362 e. The van der Waals surface area contributed by atoms with E-state index in [1.165, 1.54) is 6.08 Å². The van der Waals surface area contributed by atoms with Crippen molar-refractivity contribution in [3.8, 4) is 0 Å². The van der Waals surface area contributed by atoms with E-state index in [0.29, 0.717) is 6.54 Å². The van der Waals surface area contributed by atoms with Crippen molar-refractivity contribution in [3.05, 3.63) is 45.9 Å². The van der Waals surface area contributed by atoms with Gasteiger partial charge in [0.05, 0.1) is 34.4 Å². The first-order valence-corrected chi connectivity index (χ1v) is 9.28. The number of H-pyrrole nitrogens is 1. The molecule has 0 unspecified atom stereocenters. The van der Waals surface area contributed by atoms with E-state index in [1.54, 1.807) is 17.6 Å². The lowest BCUT2D eigenvalue weighted by Crippen LogP contribution is -2.12. The Bertz CT molecular complexity index is 1000. The van der Waals surface area contributed by atoms with Crippen LogP contribution < -0.4 is 4.90 Å². The Hall–Kier alpha value is -3.00. The van der Waals surface area contributed by atoms with Gasteiger partial charge in [-0.2, -0.15) is 10.2 Å². The first kappa shape index (κ1) is 18.8. The number of hydrogen-bond donors (Lipinski definition) is 1. The molecule has 0 atom stereocenters. The lowest BCUT2D eigenvalue weighted by molar-refractivity contribution is -0.104. The highest BCUT2D eigenvalue weighted by Gasteiger charge is 2.14. The Labute approximate surface area is 162 Å². The number of carbonyl (C=O) groups excluding carboxylic acids is 1. The molecular weight excluding hydrogens is 360 g/mol. The van der Waals surface area contributed by atoms with Crippen LogP contribution in [0.1, 0.15) is 15.4 Å². The Kier molecular flexibility index (Phi) is 5.66. The number of fused-ring (bicyclic) bond motifs is 1. The fraction of sp³-hybridized carbons (Fsp3) is 0.263. The highest BCUT2D eigenvalue weighted by molar-refractivity contribution is 7.13. The maximum Gasteiger partial charge on any atom is 0.147 e. The molecule has 0 radical (unpaired) electrons. The minimum absolute atomic E-state index is 0.618. The second-order valence-corrected chi connectivity index (χ2v) is 7.55. The van der Waals surface area contributed by atoms with E-state index >= 15 is 0 Å². The summed E-state index contributed by atoms with van der Waals surface area (Å²) in [5.74, 6) is 0.835. The van der Waals surface area contributed by atoms with Gasteiger partial charge in [0.15, 0.2) is 0 Å². The predicted octanol–water partition coefficient (Wildman–Crippen LogP) is 3.09. The molecule has 0 spiro atoms. The molecule has 8 heteroatoms. The molecule has 2 heterocycles. The predicted molar refractivity (Wildman–Crippen MR) is 111 cm³/mol. The second-order valence-electron chi connectivity index (χ2n) is 6.35. The van der Waals surface area contributed by atoms with Crippen molar-refractivity contribution in [3.63, 3.8) is 0 Å². The molecular formula is C19H22N6OS. The van der Waals surface area contributed by atoms with Crippen LogP contribution in [0.2, 0.25) is 0 Å². The third-order valence-electron chi connectivity index (χ3n) is 4.01. The summed E-state index contributed by atoms with van der Waals surface area (Å²) in [7, 11) is 5.77. The molecule has 0 bridgehead atoms. The van der Waals surface area contributed by atoms with Gasteiger partial charge in [-0.25, -0.2) is 4.98 Å². The van der Waals surface area contributed by atoms with E-state index in [-0.39, 0.29) is 0 Å². The third-order valence-corrected chi connectivity index (χ3v) is 5.01. The van der Waals surface area contributed by atoms with Crippen LogP contribution in [0, 0.1) is 6.92 Å². The summed E-state index contributed by atoms with van der Waals surface area (Å²) in [5, 5.41) is 15.5. The van der Waals surface area contributed by atoms with Gasteiger partial charge in [-0.3, -0.25) is 14.9 Å². The number of aromatic nitrogens is 3. The van der Waals surface area contributed by atoms with Gasteiger partial charge in [0.25, 0.3) is 0 Å². The van der Waals surface area contributed by atoms with Gasteiger partial charge in [0, 0.05) is 32.1 Å². The van der Waals surface area contributed by atoms with E-state index in [2.05, 4.69) is 20.3 Å². The zero-order chi connectivity index (χ0) is 19.4. The lowest BCUT2D eigenvalue weighted by atomic mass is 10.1. The highest BCUT2D eigenvalue weighted by Crippen LogP contribution is 2.30. The number of anilines is 1. The van der Waals surface area contributed by atoms with Gasteiger partial charge in [0.1, 0.15) is 12.1 Å². The van der Waals surface area contributed by atoms with Crippen molar-refractivity contribution in [2.24, 2.45) is 5.10 Å². The summed E-state index contributed by atoms with van der Waals surface area (Å²) in [5.41, 5.74) is 2.86. The molecule has 0 amide bonds. The molecule has 0 aliphatic carbocycles. The van der Waals surface area contributed by atoms with Gasteiger partial charge in [-0.15, -0.1) is 11.3 Å². The van der Waals surface area contributed by atoms with Crippen LogP contribution in [0.25, 0.3) is 16.5 Å². The molecule has 0 saturated heterocycles. The van der Waals surface area contributed by atoms with Crippen LogP contribution in [0.4, 0.5) is 5.82 Å². The molecule has 1 aromatic carbocycles. The van der Waals surface area contributed by atoms with E-state index in [4.69, 9.17) is 0 Å². The molecule has 7 nitrogen and oxygen atoms in total. The minimum atomic E-state index is 0.618. The average Bonchev–Trinajstić information content (AvgIpc) is 3.25. The number of aryl methyl sites for hydroxylation is 1. The van der Waals surface area contributed by atoms with Gasteiger partial charge in [0.2, 0.25) is 0 Å². The van der Waals surface area contributed by atoms with Gasteiger partial charge in [-0.05, 0) is 18.6 Å². The first-order valence-electron chi connectivity index (χ1n) is 8.46. The Morgan fingerprint density at radius 2 is 2.15 bits per heavy atom. The number of carbonyl (C=O) groups is 1. The smallest absolute Gasteiger partial charge is 0.147 e. The van der Waals surface area contributed by atoms with Crippen LogP contribution in [0.3, 0.4) is 0 Å². The first-order chi connectivity index (χ1) is 13.0. The number of benzene rings is 1. The summed E-state index contributed by atoms with van der Waals surface area (Å²) in [6.45, 7) is 2.57. The van der Waals surface area contributed by atoms with E-state index in [9.17, 15) is 4.79 Å². The fourth-order valence-electron chi connectivity index (χ4n) is 2.77. The fourth-order valence-corrected chi connectivity index (χ4v) is 3.75. The summed E-state index contributed by atoms with van der Waals surface area (Å²) in [4.78, 5) is 18.5.